The number of benzene rings is 2. The first-order valence-corrected chi connectivity index (χ1v) is 9.65. The molecule has 0 aliphatic heterocycles. The van der Waals surface area contributed by atoms with E-state index in [1.807, 2.05) is 0 Å². The van der Waals surface area contributed by atoms with Crippen molar-refractivity contribution in [2.45, 2.75) is 18.7 Å². The van der Waals surface area contributed by atoms with Crippen molar-refractivity contribution in [2.75, 3.05) is 0 Å². The molecule has 0 radical (unpaired) electrons. The second-order valence-corrected chi connectivity index (χ2v) is 7.89. The number of primary amides is 1. The minimum absolute atomic E-state index is 0.210. The van der Waals surface area contributed by atoms with Crippen LogP contribution in [0.15, 0.2) is 65.6 Å². The maximum absolute atomic E-state index is 12.8. The van der Waals surface area contributed by atoms with Crippen LogP contribution in [-0.4, -0.2) is 18.3 Å². The summed E-state index contributed by atoms with van der Waals surface area (Å²) in [4.78, 5) is 11.3. The molecule has 0 unspecified atom stereocenters. The van der Waals surface area contributed by atoms with Crippen molar-refractivity contribution in [1.29, 1.82) is 0 Å². The molecule has 0 atom stereocenters. The van der Waals surface area contributed by atoms with Gasteiger partial charge in [0.25, 0.3) is 10.0 Å². The van der Waals surface area contributed by atoms with Crippen LogP contribution in [0.5, 0.6) is 0 Å². The van der Waals surface area contributed by atoms with Crippen LogP contribution in [0.3, 0.4) is 0 Å². The fraction of sp³-hybridized carbons (Fsp3) is 0.0952. The summed E-state index contributed by atoms with van der Waals surface area (Å²) in [6.07, 6.45) is 0. The molecule has 0 saturated heterocycles. The zero-order valence-electron chi connectivity index (χ0n) is 14.9. The normalized spacial score (nSPS) is 10.9. The van der Waals surface area contributed by atoms with Gasteiger partial charge in [0.2, 0.25) is 5.91 Å². The molecule has 6 heteroatoms. The highest BCUT2D eigenvalue weighted by atomic mass is 32.2. The summed E-state index contributed by atoms with van der Waals surface area (Å²) < 4.78 is 26.9. The van der Waals surface area contributed by atoms with Crippen molar-refractivity contribution < 1.29 is 13.2 Å². The summed E-state index contributed by atoms with van der Waals surface area (Å²) in [5, 5.41) is 0. The van der Waals surface area contributed by atoms with Crippen LogP contribution < -0.4 is 5.73 Å². The molecule has 1 amide bonds. The zero-order valence-corrected chi connectivity index (χ0v) is 15.7. The maximum Gasteiger partial charge on any atom is 0.268 e. The summed E-state index contributed by atoms with van der Waals surface area (Å²) in [6.45, 7) is 3.52. The lowest BCUT2D eigenvalue weighted by Crippen LogP contribution is -2.15. The lowest BCUT2D eigenvalue weighted by atomic mass is 10.1. The zero-order chi connectivity index (χ0) is 19.6. The Morgan fingerprint density at radius 2 is 1.26 bits per heavy atom. The van der Waals surface area contributed by atoms with Crippen LogP contribution in [0.2, 0.25) is 0 Å². The fourth-order valence-corrected chi connectivity index (χ4v) is 4.28. The molecule has 1 heterocycles. The quantitative estimate of drug-likeness (QED) is 0.712. The summed E-state index contributed by atoms with van der Waals surface area (Å²) in [5.41, 5.74) is 8.37. The number of aryl methyl sites for hydroxylation is 2. The third-order valence-electron chi connectivity index (χ3n) is 4.12. The standard InChI is InChI=1S/C21H18N2O3S/c1-15-3-4-16(2)23(15)27(25,26)20-13-9-18(10-14-20)6-5-17-7-11-19(12-8-17)21(22)24/h3-4,7-14H,1-2H3,(H2,22,24). The van der Waals surface area contributed by atoms with Gasteiger partial charge in [-0.05, 0) is 74.5 Å². The van der Waals surface area contributed by atoms with E-state index in [0.717, 1.165) is 5.56 Å². The number of nitrogens with two attached hydrogens (primary N) is 1. The van der Waals surface area contributed by atoms with Crippen LogP contribution in [-0.2, 0) is 10.0 Å². The van der Waals surface area contributed by atoms with Crippen LogP contribution in [0.4, 0.5) is 0 Å². The molecule has 3 aromatic rings. The van der Waals surface area contributed by atoms with Gasteiger partial charge in [-0.2, -0.15) is 0 Å². The van der Waals surface area contributed by atoms with E-state index < -0.39 is 15.9 Å². The SMILES string of the molecule is Cc1ccc(C)n1S(=O)(=O)c1ccc(C#Cc2ccc(C(N)=O)cc2)cc1. The van der Waals surface area contributed by atoms with E-state index in [1.165, 1.54) is 3.97 Å². The molecular weight excluding hydrogens is 360 g/mol. The molecule has 5 nitrogen and oxygen atoms in total. The third-order valence-corrected chi connectivity index (χ3v) is 6.04. The van der Waals surface area contributed by atoms with Crippen LogP contribution in [0, 0.1) is 25.7 Å². The van der Waals surface area contributed by atoms with Crippen molar-refractivity contribution in [2.24, 2.45) is 5.73 Å². The van der Waals surface area contributed by atoms with Crippen LogP contribution >= 0.6 is 0 Å². The monoisotopic (exact) mass is 378 g/mol. The Morgan fingerprint density at radius 1 is 0.815 bits per heavy atom. The van der Waals surface area contributed by atoms with Gasteiger partial charge in [0, 0.05) is 28.1 Å². The van der Waals surface area contributed by atoms with E-state index in [1.54, 1.807) is 74.5 Å². The molecular formula is C21H18N2O3S. The lowest BCUT2D eigenvalue weighted by Gasteiger charge is -2.10. The van der Waals surface area contributed by atoms with Gasteiger partial charge in [0.15, 0.2) is 0 Å². The number of carbonyl (C=O) groups is 1. The van der Waals surface area contributed by atoms with Crippen LogP contribution in [0.25, 0.3) is 0 Å². The predicted octanol–water partition coefficient (Wildman–Crippen LogP) is 2.84. The summed E-state index contributed by atoms with van der Waals surface area (Å²) in [5.74, 6) is 5.47. The second-order valence-electron chi connectivity index (χ2n) is 6.10. The van der Waals surface area contributed by atoms with Gasteiger partial charge in [-0.25, -0.2) is 12.4 Å². The molecule has 2 aromatic carbocycles. The first-order chi connectivity index (χ1) is 12.8. The molecule has 0 fully saturated rings. The summed E-state index contributed by atoms with van der Waals surface area (Å²) in [7, 11) is -3.63. The Hall–Kier alpha value is -3.30. The van der Waals surface area contributed by atoms with E-state index in [-0.39, 0.29) is 4.90 Å². The Kier molecular flexibility index (Phi) is 4.89. The molecule has 0 saturated carbocycles. The number of amides is 1. The molecule has 0 spiro atoms. The fourth-order valence-electron chi connectivity index (χ4n) is 2.71. The Bertz CT molecular complexity index is 1140. The minimum Gasteiger partial charge on any atom is -0.366 e. The topological polar surface area (TPSA) is 82.2 Å². The number of nitrogens with zero attached hydrogens (tertiary/aromatic N) is 1. The first kappa shape index (κ1) is 18.5. The van der Waals surface area contributed by atoms with Gasteiger partial charge in [-0.1, -0.05) is 11.8 Å². The number of aromatic nitrogens is 1. The van der Waals surface area contributed by atoms with Gasteiger partial charge < -0.3 is 5.73 Å². The van der Waals surface area contributed by atoms with Gasteiger partial charge >= 0.3 is 0 Å². The average Bonchev–Trinajstić information content (AvgIpc) is 2.99. The first-order valence-electron chi connectivity index (χ1n) is 8.21. The van der Waals surface area contributed by atoms with E-state index in [9.17, 15) is 13.2 Å². The molecule has 3 rings (SSSR count). The molecule has 0 aliphatic carbocycles. The van der Waals surface area contributed by atoms with Crippen molar-refractivity contribution in [1.82, 2.24) is 3.97 Å². The summed E-state index contributed by atoms with van der Waals surface area (Å²) in [6, 6.07) is 16.6. The Morgan fingerprint density at radius 3 is 1.70 bits per heavy atom. The second kappa shape index (κ2) is 7.14. The Labute approximate surface area is 158 Å². The highest BCUT2D eigenvalue weighted by Gasteiger charge is 2.19. The number of hydrogen-bond donors (Lipinski definition) is 1. The highest BCUT2D eigenvalue weighted by Crippen LogP contribution is 2.19. The minimum atomic E-state index is -3.63. The predicted molar refractivity (Wildman–Crippen MR) is 104 cm³/mol. The van der Waals surface area contributed by atoms with E-state index in [0.29, 0.717) is 22.5 Å². The van der Waals surface area contributed by atoms with Gasteiger partial charge in [-0.3, -0.25) is 4.79 Å². The smallest absolute Gasteiger partial charge is 0.268 e. The number of carbonyl (C=O) groups excluding carboxylic acids is 1. The molecule has 0 bridgehead atoms. The van der Waals surface area contributed by atoms with Gasteiger partial charge in [0.1, 0.15) is 0 Å². The van der Waals surface area contributed by atoms with E-state index in [2.05, 4.69) is 11.8 Å². The number of rotatable bonds is 3. The highest BCUT2D eigenvalue weighted by molar-refractivity contribution is 7.90. The lowest BCUT2D eigenvalue weighted by molar-refractivity contribution is 0.100. The van der Waals surface area contributed by atoms with Crippen molar-refractivity contribution in [3.05, 3.63) is 88.7 Å². The molecule has 0 aliphatic rings. The van der Waals surface area contributed by atoms with Crippen molar-refractivity contribution in [3.8, 4) is 11.8 Å². The molecule has 2 N–H and O–H groups in total. The number of hydrogen-bond acceptors (Lipinski definition) is 3. The molecule has 136 valence electrons. The van der Waals surface area contributed by atoms with E-state index >= 15 is 0 Å². The molecule has 27 heavy (non-hydrogen) atoms. The maximum atomic E-state index is 12.8. The average molecular weight is 378 g/mol. The van der Waals surface area contributed by atoms with Gasteiger partial charge in [0.05, 0.1) is 4.90 Å². The van der Waals surface area contributed by atoms with Gasteiger partial charge in [-0.15, -0.1) is 0 Å². The largest absolute Gasteiger partial charge is 0.366 e. The van der Waals surface area contributed by atoms with Crippen molar-refractivity contribution >= 4 is 15.9 Å². The van der Waals surface area contributed by atoms with Crippen LogP contribution in [0.1, 0.15) is 32.9 Å². The third kappa shape index (κ3) is 3.78. The Balaban J connectivity index is 1.85. The van der Waals surface area contributed by atoms with E-state index in [4.69, 9.17) is 5.73 Å². The van der Waals surface area contributed by atoms with Crippen molar-refractivity contribution in [3.63, 3.8) is 0 Å². The summed E-state index contributed by atoms with van der Waals surface area (Å²) >= 11 is 0. The molecule has 1 aromatic heterocycles.